The van der Waals surface area contributed by atoms with E-state index in [-0.39, 0.29) is 24.0 Å². The minimum atomic E-state index is -3.88. The maximum Gasteiger partial charge on any atom is 0.262 e. The lowest BCUT2D eigenvalue weighted by molar-refractivity contribution is 0.468. The van der Waals surface area contributed by atoms with Crippen molar-refractivity contribution in [1.82, 2.24) is 13.9 Å². The number of aromatic nitrogens is 2. The number of hydrogen-bond acceptors (Lipinski definition) is 4. The fourth-order valence-electron chi connectivity index (χ4n) is 3.74. The van der Waals surface area contributed by atoms with Gasteiger partial charge in [0, 0.05) is 50.0 Å². The number of nitrogens with one attached hydrogen (secondary N) is 1. The van der Waals surface area contributed by atoms with Crippen LogP contribution >= 0.6 is 0 Å². The van der Waals surface area contributed by atoms with Crippen molar-refractivity contribution in [3.63, 3.8) is 0 Å². The summed E-state index contributed by atoms with van der Waals surface area (Å²) in [4.78, 5) is 4.14. The number of halogens is 3. The van der Waals surface area contributed by atoms with Gasteiger partial charge in [0.05, 0.1) is 0 Å². The summed E-state index contributed by atoms with van der Waals surface area (Å²) in [6, 6.07) is 8.78. The van der Waals surface area contributed by atoms with Crippen LogP contribution in [-0.2, 0) is 17.1 Å². The smallest absolute Gasteiger partial charge is 0.262 e. The molecular weight excluding hydrogens is 429 g/mol. The van der Waals surface area contributed by atoms with Crippen LogP contribution in [0.4, 0.5) is 18.9 Å². The van der Waals surface area contributed by atoms with Crippen LogP contribution in [0.3, 0.4) is 0 Å². The molecule has 2 heterocycles. The van der Waals surface area contributed by atoms with Crippen molar-refractivity contribution < 1.29 is 21.6 Å². The number of nitrogens with zero attached hydrogens (tertiary/aromatic N) is 3. The van der Waals surface area contributed by atoms with Crippen LogP contribution in [-0.4, -0.2) is 41.4 Å². The molecule has 1 fully saturated rings. The van der Waals surface area contributed by atoms with Crippen LogP contribution in [0.1, 0.15) is 17.3 Å². The highest BCUT2D eigenvalue weighted by molar-refractivity contribution is 7.89. The van der Waals surface area contributed by atoms with E-state index in [0.717, 1.165) is 17.7 Å². The quantitative estimate of drug-likeness (QED) is 0.647. The molecule has 0 amide bonds. The summed E-state index contributed by atoms with van der Waals surface area (Å²) >= 11 is 0. The van der Waals surface area contributed by atoms with Crippen molar-refractivity contribution in [2.45, 2.75) is 23.9 Å². The van der Waals surface area contributed by atoms with Gasteiger partial charge in [-0.25, -0.2) is 26.6 Å². The Kier molecular flexibility index (Phi) is 5.52. The van der Waals surface area contributed by atoms with Crippen molar-refractivity contribution in [3.8, 4) is 0 Å². The van der Waals surface area contributed by atoms with Gasteiger partial charge in [0.1, 0.15) is 11.6 Å². The van der Waals surface area contributed by atoms with E-state index in [2.05, 4.69) is 10.3 Å². The lowest BCUT2D eigenvalue weighted by atomic mass is 9.94. The number of anilines is 1. The topological polar surface area (TPSA) is 67.2 Å². The van der Waals surface area contributed by atoms with Gasteiger partial charge < -0.3 is 9.88 Å². The van der Waals surface area contributed by atoms with E-state index in [9.17, 15) is 21.6 Å². The molecule has 164 valence electrons. The van der Waals surface area contributed by atoms with E-state index in [4.69, 9.17) is 0 Å². The fraction of sp³-hybridized carbons (Fsp3) is 0.286. The summed E-state index contributed by atoms with van der Waals surface area (Å²) in [6.07, 6.45) is 1.45. The number of benzene rings is 2. The van der Waals surface area contributed by atoms with E-state index in [1.165, 1.54) is 28.7 Å². The fourth-order valence-corrected chi connectivity index (χ4v) is 5.26. The Morgan fingerprint density at radius 3 is 2.35 bits per heavy atom. The molecule has 0 aliphatic carbocycles. The van der Waals surface area contributed by atoms with Crippen LogP contribution in [0.25, 0.3) is 0 Å². The predicted octanol–water partition coefficient (Wildman–Crippen LogP) is 3.41. The second-order valence-electron chi connectivity index (χ2n) is 7.60. The minimum absolute atomic E-state index is 0.0566. The van der Waals surface area contributed by atoms with Gasteiger partial charge in [-0.05, 0) is 36.8 Å². The van der Waals surface area contributed by atoms with Crippen LogP contribution in [0, 0.1) is 24.4 Å². The lowest BCUT2D eigenvalue weighted by Crippen LogP contribution is -2.32. The first-order valence-electron chi connectivity index (χ1n) is 9.62. The summed E-state index contributed by atoms with van der Waals surface area (Å²) in [5, 5.41) is 3.05. The van der Waals surface area contributed by atoms with Crippen LogP contribution in [0.2, 0.25) is 0 Å². The zero-order valence-electron chi connectivity index (χ0n) is 16.9. The Morgan fingerprint density at radius 1 is 1.03 bits per heavy atom. The van der Waals surface area contributed by atoms with Gasteiger partial charge in [-0.15, -0.1) is 0 Å². The molecule has 10 heteroatoms. The van der Waals surface area contributed by atoms with E-state index in [0.29, 0.717) is 11.5 Å². The number of imidazole rings is 1. The van der Waals surface area contributed by atoms with E-state index >= 15 is 0 Å². The Labute approximate surface area is 178 Å². The first kappa shape index (κ1) is 21.4. The molecule has 1 aliphatic rings. The summed E-state index contributed by atoms with van der Waals surface area (Å²) in [5.41, 5.74) is 1.06. The number of aryl methyl sites for hydroxylation is 2. The first-order valence-corrected chi connectivity index (χ1v) is 11.1. The third-order valence-corrected chi connectivity index (χ3v) is 7.25. The van der Waals surface area contributed by atoms with Gasteiger partial charge >= 0.3 is 0 Å². The molecule has 1 aliphatic heterocycles. The van der Waals surface area contributed by atoms with Crippen molar-refractivity contribution >= 4 is 15.7 Å². The molecule has 0 spiro atoms. The second-order valence-corrected chi connectivity index (χ2v) is 9.48. The number of hydrogen-bond donors (Lipinski definition) is 1. The summed E-state index contributed by atoms with van der Waals surface area (Å²) in [5.74, 6) is -2.16. The Balaban J connectivity index is 1.67. The average Bonchev–Trinajstić information content (AvgIpc) is 3.30. The highest BCUT2D eigenvalue weighted by Gasteiger charge is 2.41. The summed E-state index contributed by atoms with van der Waals surface area (Å²) < 4.78 is 69.7. The van der Waals surface area contributed by atoms with Crippen molar-refractivity contribution in [2.75, 3.05) is 18.4 Å². The number of sulfonamides is 1. The SMILES string of the molecule is Cc1nc(S(=O)(=O)N2C[C@H](Nc3ccc(F)c(F)c3)[C@@H](c3ccc(F)cc3)C2)cn1C. The summed E-state index contributed by atoms with van der Waals surface area (Å²) in [6.45, 7) is 1.92. The van der Waals surface area contributed by atoms with Crippen LogP contribution in [0.5, 0.6) is 0 Å². The van der Waals surface area contributed by atoms with Crippen molar-refractivity contribution in [2.24, 2.45) is 7.05 Å². The first-order chi connectivity index (χ1) is 14.6. The molecule has 31 heavy (non-hydrogen) atoms. The lowest BCUT2D eigenvalue weighted by Gasteiger charge is -2.21. The molecule has 0 bridgehead atoms. The Morgan fingerprint density at radius 2 is 1.74 bits per heavy atom. The molecule has 2 aromatic carbocycles. The maximum absolute atomic E-state index is 13.7. The third kappa shape index (κ3) is 4.17. The van der Waals surface area contributed by atoms with Crippen LogP contribution in [0.15, 0.2) is 53.7 Å². The van der Waals surface area contributed by atoms with Gasteiger partial charge in [0.25, 0.3) is 10.0 Å². The minimum Gasteiger partial charge on any atom is -0.380 e. The summed E-state index contributed by atoms with van der Waals surface area (Å²) in [7, 11) is -2.17. The Bertz CT molecular complexity index is 1190. The molecule has 3 aromatic rings. The molecule has 2 atom stereocenters. The molecule has 0 unspecified atom stereocenters. The molecular formula is C21H21F3N4O2S. The van der Waals surface area contributed by atoms with Gasteiger partial charge in [-0.1, -0.05) is 12.1 Å². The average molecular weight is 450 g/mol. The zero-order chi connectivity index (χ0) is 22.3. The van der Waals surface area contributed by atoms with E-state index in [1.807, 2.05) is 0 Å². The molecule has 1 aromatic heterocycles. The monoisotopic (exact) mass is 450 g/mol. The molecule has 6 nitrogen and oxygen atoms in total. The van der Waals surface area contributed by atoms with Crippen molar-refractivity contribution in [3.05, 3.63) is 77.5 Å². The second kappa shape index (κ2) is 8.01. The van der Waals surface area contributed by atoms with Crippen molar-refractivity contribution in [1.29, 1.82) is 0 Å². The predicted molar refractivity (Wildman–Crippen MR) is 110 cm³/mol. The molecule has 1 N–H and O–H groups in total. The van der Waals surface area contributed by atoms with E-state index in [1.54, 1.807) is 30.7 Å². The van der Waals surface area contributed by atoms with Gasteiger partial charge in [-0.3, -0.25) is 0 Å². The number of rotatable bonds is 5. The van der Waals surface area contributed by atoms with E-state index < -0.39 is 33.5 Å². The van der Waals surface area contributed by atoms with Gasteiger partial charge in [0.15, 0.2) is 16.7 Å². The highest BCUT2D eigenvalue weighted by Crippen LogP contribution is 2.33. The molecule has 4 rings (SSSR count). The third-order valence-electron chi connectivity index (χ3n) is 5.55. The molecule has 1 saturated heterocycles. The standard InChI is InChI=1S/C21H21F3N4O2S/c1-13-25-21(12-27(13)2)31(29,30)28-10-17(14-3-5-15(22)6-4-14)20(11-28)26-16-7-8-18(23)19(24)9-16/h3-9,12,17,20,26H,10-11H2,1-2H3/t17-,20+/m1/s1. The van der Waals surface area contributed by atoms with Gasteiger partial charge in [-0.2, -0.15) is 4.31 Å². The maximum atomic E-state index is 13.7. The normalized spacial score (nSPS) is 19.6. The van der Waals surface area contributed by atoms with Gasteiger partial charge in [0.2, 0.25) is 0 Å². The zero-order valence-corrected chi connectivity index (χ0v) is 17.7. The molecule has 0 radical (unpaired) electrons. The highest BCUT2D eigenvalue weighted by atomic mass is 32.2. The Hall–Kier alpha value is -2.85. The molecule has 0 saturated carbocycles. The van der Waals surface area contributed by atoms with Crippen LogP contribution < -0.4 is 5.32 Å². The largest absolute Gasteiger partial charge is 0.380 e.